The van der Waals surface area contributed by atoms with Gasteiger partial charge in [-0.05, 0) is 37.2 Å². The molecule has 1 N–H and O–H groups in total. The van der Waals surface area contributed by atoms with Crippen LogP contribution in [0.3, 0.4) is 0 Å². The van der Waals surface area contributed by atoms with E-state index in [0.29, 0.717) is 11.0 Å². The minimum absolute atomic E-state index is 0.0172. The van der Waals surface area contributed by atoms with Crippen LogP contribution < -0.4 is 10.1 Å². The van der Waals surface area contributed by atoms with Gasteiger partial charge in [-0.2, -0.15) is 0 Å². The monoisotopic (exact) mass is 463 g/mol. The fraction of sp³-hybridized carbons (Fsp3) is 0.625. The zero-order valence-corrected chi connectivity index (χ0v) is 21.4. The van der Waals surface area contributed by atoms with Crippen molar-refractivity contribution in [3.05, 3.63) is 29.3 Å². The maximum atomic E-state index is 12.4. The molecule has 0 aliphatic carbocycles. The topological polar surface area (TPSA) is 64.1 Å². The Labute approximate surface area is 195 Å². The molecule has 0 radical (unpaired) electrons. The Morgan fingerprint density at radius 1 is 1.26 bits per heavy atom. The van der Waals surface area contributed by atoms with Crippen molar-refractivity contribution in [3.63, 3.8) is 0 Å². The highest BCUT2D eigenvalue weighted by molar-refractivity contribution is 8.01. The number of hydrogen-bond donors (Lipinski definition) is 1. The van der Waals surface area contributed by atoms with Gasteiger partial charge in [0.1, 0.15) is 5.75 Å². The molecule has 31 heavy (non-hydrogen) atoms. The van der Waals surface area contributed by atoms with Gasteiger partial charge in [0.15, 0.2) is 10.9 Å². The quantitative estimate of drug-likeness (QED) is 0.260. The van der Waals surface area contributed by atoms with Crippen LogP contribution in [0.25, 0.3) is 0 Å². The van der Waals surface area contributed by atoms with Crippen LogP contribution in [0.2, 0.25) is 0 Å². The molecule has 0 aliphatic heterocycles. The maximum absolute atomic E-state index is 12.4. The molecule has 0 spiro atoms. The molecule has 1 atom stereocenters. The normalized spacial score (nSPS) is 12.6. The number of nitrogens with zero attached hydrogens (tertiary/aromatic N) is 2. The highest BCUT2D eigenvalue weighted by Crippen LogP contribution is 2.35. The summed E-state index contributed by atoms with van der Waals surface area (Å²) in [5, 5.41) is 11.7. The SMILES string of the molecule is CCCCC(CC)CSc1nnc(NC(=O)COc2ccc(C)cc2C(C)(C)CC)s1. The van der Waals surface area contributed by atoms with Crippen LogP contribution in [0.4, 0.5) is 5.13 Å². The number of unbranched alkanes of at least 4 members (excludes halogenated alkanes) is 1. The molecule has 2 rings (SSSR count). The molecule has 0 saturated carbocycles. The van der Waals surface area contributed by atoms with Crippen molar-refractivity contribution in [1.29, 1.82) is 0 Å². The molecule has 2 aromatic rings. The van der Waals surface area contributed by atoms with Gasteiger partial charge in [0.2, 0.25) is 5.13 Å². The predicted octanol–water partition coefficient (Wildman–Crippen LogP) is 6.86. The Morgan fingerprint density at radius 3 is 2.71 bits per heavy atom. The standard InChI is InChI=1S/C24H37N3O2S2/c1-7-10-11-18(8-2)16-30-23-27-26-22(31-23)25-21(28)15-29-20-13-12-17(4)14-19(20)24(5,6)9-3/h12-14,18H,7-11,15-16H2,1-6H3,(H,25,26,28). The minimum Gasteiger partial charge on any atom is -0.483 e. The molecule has 1 aromatic heterocycles. The van der Waals surface area contributed by atoms with Crippen molar-refractivity contribution in [2.75, 3.05) is 17.7 Å². The van der Waals surface area contributed by atoms with E-state index in [4.69, 9.17) is 4.74 Å². The molecule has 5 nitrogen and oxygen atoms in total. The Kier molecular flexibility index (Phi) is 10.3. The molecule has 1 aromatic carbocycles. The summed E-state index contributed by atoms with van der Waals surface area (Å²) in [5.41, 5.74) is 2.30. The number of carbonyl (C=O) groups is 1. The Balaban J connectivity index is 1.89. The first kappa shape index (κ1) is 25.7. The van der Waals surface area contributed by atoms with Gasteiger partial charge < -0.3 is 4.74 Å². The number of aromatic nitrogens is 2. The van der Waals surface area contributed by atoms with Crippen LogP contribution in [-0.2, 0) is 10.2 Å². The first-order valence-electron chi connectivity index (χ1n) is 11.3. The Hall–Kier alpha value is -1.60. The predicted molar refractivity (Wildman–Crippen MR) is 133 cm³/mol. The van der Waals surface area contributed by atoms with Gasteiger partial charge in [-0.25, -0.2) is 0 Å². The molecule has 1 amide bonds. The second-order valence-corrected chi connectivity index (χ2v) is 10.9. The largest absolute Gasteiger partial charge is 0.483 e. The average Bonchev–Trinajstić information content (AvgIpc) is 3.20. The van der Waals surface area contributed by atoms with E-state index in [0.717, 1.165) is 27.8 Å². The van der Waals surface area contributed by atoms with Crippen LogP contribution >= 0.6 is 23.1 Å². The van der Waals surface area contributed by atoms with E-state index in [1.807, 2.05) is 12.1 Å². The Bertz CT molecular complexity index is 836. The first-order valence-corrected chi connectivity index (χ1v) is 13.1. The molecule has 0 saturated heterocycles. The van der Waals surface area contributed by atoms with E-state index in [1.54, 1.807) is 11.8 Å². The zero-order valence-electron chi connectivity index (χ0n) is 19.8. The lowest BCUT2D eigenvalue weighted by molar-refractivity contribution is -0.118. The van der Waals surface area contributed by atoms with Crippen molar-refractivity contribution in [3.8, 4) is 5.75 Å². The van der Waals surface area contributed by atoms with Crippen molar-refractivity contribution < 1.29 is 9.53 Å². The van der Waals surface area contributed by atoms with Gasteiger partial charge in [-0.15, -0.1) is 10.2 Å². The summed E-state index contributed by atoms with van der Waals surface area (Å²) in [6.07, 6.45) is 5.94. The maximum Gasteiger partial charge on any atom is 0.264 e. The number of hydrogen-bond acceptors (Lipinski definition) is 6. The number of aryl methyl sites for hydroxylation is 1. The lowest BCUT2D eigenvalue weighted by Crippen LogP contribution is -2.22. The summed E-state index contributed by atoms with van der Waals surface area (Å²) >= 11 is 3.16. The highest BCUT2D eigenvalue weighted by atomic mass is 32.2. The van der Waals surface area contributed by atoms with Gasteiger partial charge in [0.25, 0.3) is 5.91 Å². The van der Waals surface area contributed by atoms with Crippen molar-refractivity contribution in [2.24, 2.45) is 5.92 Å². The third-order valence-electron chi connectivity index (χ3n) is 5.75. The average molecular weight is 464 g/mol. The highest BCUT2D eigenvalue weighted by Gasteiger charge is 2.23. The number of benzene rings is 1. The van der Waals surface area contributed by atoms with Crippen LogP contribution in [0.5, 0.6) is 5.75 Å². The van der Waals surface area contributed by atoms with E-state index in [2.05, 4.69) is 63.1 Å². The number of thioether (sulfide) groups is 1. The number of amides is 1. The van der Waals surface area contributed by atoms with Gasteiger partial charge in [0, 0.05) is 11.3 Å². The van der Waals surface area contributed by atoms with Gasteiger partial charge in [-0.1, -0.05) is 94.7 Å². The summed E-state index contributed by atoms with van der Waals surface area (Å²) in [6.45, 7) is 13.1. The lowest BCUT2D eigenvalue weighted by atomic mass is 9.81. The van der Waals surface area contributed by atoms with Crippen molar-refractivity contribution in [1.82, 2.24) is 10.2 Å². The first-order chi connectivity index (χ1) is 14.8. The van der Waals surface area contributed by atoms with Gasteiger partial charge >= 0.3 is 0 Å². The van der Waals surface area contributed by atoms with Crippen molar-refractivity contribution >= 4 is 34.1 Å². The zero-order chi connectivity index (χ0) is 22.9. The number of anilines is 1. The van der Waals surface area contributed by atoms with Gasteiger partial charge in [-0.3, -0.25) is 10.1 Å². The molecular weight excluding hydrogens is 426 g/mol. The summed E-state index contributed by atoms with van der Waals surface area (Å²) in [5.74, 6) is 2.30. The second kappa shape index (κ2) is 12.4. The molecule has 0 fully saturated rings. The number of rotatable bonds is 13. The second-order valence-electron chi connectivity index (χ2n) is 8.67. The van der Waals surface area contributed by atoms with Gasteiger partial charge in [0.05, 0.1) is 0 Å². The fourth-order valence-electron chi connectivity index (χ4n) is 3.19. The number of nitrogens with one attached hydrogen (secondary N) is 1. The third kappa shape index (κ3) is 8.11. The Morgan fingerprint density at radius 2 is 2.03 bits per heavy atom. The minimum atomic E-state index is -0.220. The van der Waals surface area contributed by atoms with Crippen LogP contribution in [0.1, 0.15) is 77.8 Å². The molecule has 0 bridgehead atoms. The number of carbonyl (C=O) groups excluding carboxylic acids is 1. The van der Waals surface area contributed by atoms with Crippen molar-refractivity contribution in [2.45, 2.75) is 83.4 Å². The molecule has 0 aliphatic rings. The van der Waals surface area contributed by atoms with Crippen LogP contribution in [-0.4, -0.2) is 28.5 Å². The number of ether oxygens (including phenoxy) is 1. The summed E-state index contributed by atoms with van der Waals surface area (Å²) < 4.78 is 6.79. The summed E-state index contributed by atoms with van der Waals surface area (Å²) in [6, 6.07) is 6.12. The fourth-order valence-corrected chi connectivity index (χ4v) is 5.24. The van der Waals surface area contributed by atoms with Crippen LogP contribution in [0.15, 0.2) is 22.5 Å². The summed E-state index contributed by atoms with van der Waals surface area (Å²) in [4.78, 5) is 12.4. The molecule has 172 valence electrons. The summed E-state index contributed by atoms with van der Waals surface area (Å²) in [7, 11) is 0. The van der Waals surface area contributed by atoms with E-state index >= 15 is 0 Å². The van der Waals surface area contributed by atoms with E-state index < -0.39 is 0 Å². The smallest absolute Gasteiger partial charge is 0.264 e. The molecule has 7 heteroatoms. The molecule has 1 unspecified atom stereocenters. The van der Waals surface area contributed by atoms with Crippen LogP contribution in [0, 0.1) is 12.8 Å². The lowest BCUT2D eigenvalue weighted by Gasteiger charge is -2.26. The van der Waals surface area contributed by atoms with E-state index in [9.17, 15) is 4.79 Å². The van der Waals surface area contributed by atoms with E-state index in [1.165, 1.54) is 42.6 Å². The third-order valence-corrected chi connectivity index (χ3v) is 7.95. The molecular formula is C24H37N3O2S2. The molecule has 1 heterocycles. The van der Waals surface area contributed by atoms with E-state index in [-0.39, 0.29) is 17.9 Å².